The molecule has 0 aromatic heterocycles. The van der Waals surface area contributed by atoms with Crippen LogP contribution in [0, 0.1) is 0 Å². The van der Waals surface area contributed by atoms with Crippen LogP contribution >= 0.6 is 11.6 Å². The van der Waals surface area contributed by atoms with Gasteiger partial charge in [-0.25, -0.2) is 0 Å². The number of rotatable bonds is 6. The summed E-state index contributed by atoms with van der Waals surface area (Å²) in [4.78, 5) is 17.5. The lowest BCUT2D eigenvalue weighted by Crippen LogP contribution is -2.46. The third-order valence-electron chi connectivity index (χ3n) is 5.66. The van der Waals surface area contributed by atoms with Gasteiger partial charge in [-0.3, -0.25) is 9.69 Å². The van der Waals surface area contributed by atoms with Crippen molar-refractivity contribution in [3.8, 4) is 0 Å². The fourth-order valence-electron chi connectivity index (χ4n) is 4.21. The van der Waals surface area contributed by atoms with Gasteiger partial charge in [0.25, 0.3) is 0 Å². The Kier molecular flexibility index (Phi) is 7.15. The van der Waals surface area contributed by atoms with E-state index in [1.54, 1.807) is 0 Å². The second kappa shape index (κ2) is 9.37. The number of benzene rings is 1. The molecule has 0 aliphatic carbocycles. The molecule has 0 radical (unpaired) electrons. The fourth-order valence-corrected chi connectivity index (χ4v) is 4.40. The van der Waals surface area contributed by atoms with E-state index in [0.717, 1.165) is 36.6 Å². The largest absolute Gasteiger partial charge is 0.353 e. The molecule has 2 heterocycles. The first-order valence-electron chi connectivity index (χ1n) is 10.1. The van der Waals surface area contributed by atoms with Crippen molar-refractivity contribution in [2.45, 2.75) is 63.8 Å². The Labute approximate surface area is 168 Å². The molecule has 150 valence electrons. The molecule has 0 unspecified atom stereocenters. The number of nitrogens with zero attached hydrogens (tertiary/aromatic N) is 2. The lowest BCUT2D eigenvalue weighted by Gasteiger charge is -2.31. The summed E-state index contributed by atoms with van der Waals surface area (Å²) in [6.45, 7) is 7.91. The monoisotopic (exact) mass is 392 g/mol. The summed E-state index contributed by atoms with van der Waals surface area (Å²) in [5.74, 6) is 0.129. The van der Waals surface area contributed by atoms with E-state index in [1.165, 1.54) is 12.8 Å². The molecule has 2 N–H and O–H groups in total. The number of halogens is 1. The molecular weight excluding hydrogens is 360 g/mol. The Hall–Kier alpha value is -1.14. The quantitative estimate of drug-likeness (QED) is 0.780. The number of piperidine rings is 1. The summed E-state index contributed by atoms with van der Waals surface area (Å²) in [5.41, 5.74) is 1.08. The molecule has 2 aliphatic heterocycles. The fraction of sp³-hybridized carbons (Fsp3) is 0.667. The summed E-state index contributed by atoms with van der Waals surface area (Å²) in [7, 11) is 2.18. The Morgan fingerprint density at radius 3 is 2.59 bits per heavy atom. The minimum absolute atomic E-state index is 0.104. The number of hydrogen-bond donors (Lipinski definition) is 2. The van der Waals surface area contributed by atoms with E-state index < -0.39 is 0 Å². The predicted octanol–water partition coefficient (Wildman–Crippen LogP) is 2.49. The van der Waals surface area contributed by atoms with Crippen molar-refractivity contribution in [3.63, 3.8) is 0 Å². The number of hydrogen-bond acceptors (Lipinski definition) is 4. The summed E-state index contributed by atoms with van der Waals surface area (Å²) in [6.07, 6.45) is 3.22. The predicted molar refractivity (Wildman–Crippen MR) is 111 cm³/mol. The number of nitrogens with one attached hydrogen (secondary N) is 2. The molecule has 3 rings (SSSR count). The number of likely N-dealkylation sites (tertiary alicyclic amines) is 2. The Morgan fingerprint density at radius 2 is 1.93 bits per heavy atom. The van der Waals surface area contributed by atoms with Gasteiger partial charge >= 0.3 is 0 Å². The first-order valence-corrected chi connectivity index (χ1v) is 10.5. The summed E-state index contributed by atoms with van der Waals surface area (Å²) >= 11 is 6.37. The highest BCUT2D eigenvalue weighted by molar-refractivity contribution is 6.31. The van der Waals surface area contributed by atoms with Crippen molar-refractivity contribution in [3.05, 3.63) is 34.9 Å². The molecule has 0 bridgehead atoms. The van der Waals surface area contributed by atoms with Gasteiger partial charge in [0.2, 0.25) is 5.91 Å². The average molecular weight is 393 g/mol. The van der Waals surface area contributed by atoms with Crippen LogP contribution in [0.4, 0.5) is 0 Å². The first kappa shape index (κ1) is 20.6. The highest BCUT2D eigenvalue weighted by atomic mass is 35.5. The lowest BCUT2D eigenvalue weighted by atomic mass is 10.0. The molecule has 0 saturated carbocycles. The number of amides is 1. The smallest absolute Gasteiger partial charge is 0.237 e. The van der Waals surface area contributed by atoms with E-state index in [0.29, 0.717) is 18.6 Å². The second-order valence-corrected chi connectivity index (χ2v) is 8.78. The minimum Gasteiger partial charge on any atom is -0.353 e. The van der Waals surface area contributed by atoms with Gasteiger partial charge in [-0.1, -0.05) is 29.8 Å². The van der Waals surface area contributed by atoms with Gasteiger partial charge in [0.1, 0.15) is 0 Å². The molecule has 1 amide bonds. The second-order valence-electron chi connectivity index (χ2n) is 8.38. The molecule has 1 aromatic rings. The molecule has 5 nitrogen and oxygen atoms in total. The summed E-state index contributed by atoms with van der Waals surface area (Å²) < 4.78 is 0. The van der Waals surface area contributed by atoms with Crippen molar-refractivity contribution < 1.29 is 4.79 Å². The van der Waals surface area contributed by atoms with E-state index in [-0.39, 0.29) is 18.0 Å². The van der Waals surface area contributed by atoms with Crippen LogP contribution in [-0.4, -0.2) is 66.6 Å². The summed E-state index contributed by atoms with van der Waals surface area (Å²) in [6, 6.07) is 8.89. The SMILES string of the molecule is CC(C)NC(=O)[C@@H]1C[C@H](NC2CCN(C)CC2)CN1Cc1ccccc1Cl. The molecular formula is C21H33ClN4O. The first-order chi connectivity index (χ1) is 12.9. The normalized spacial score (nSPS) is 25.2. The van der Waals surface area contributed by atoms with Crippen LogP contribution in [0.2, 0.25) is 5.02 Å². The van der Waals surface area contributed by atoms with Gasteiger partial charge in [0.15, 0.2) is 0 Å². The molecule has 1 aromatic carbocycles. The van der Waals surface area contributed by atoms with Crippen LogP contribution in [0.1, 0.15) is 38.7 Å². The topological polar surface area (TPSA) is 47.6 Å². The van der Waals surface area contributed by atoms with Crippen LogP contribution in [0.15, 0.2) is 24.3 Å². The van der Waals surface area contributed by atoms with Crippen LogP contribution in [-0.2, 0) is 11.3 Å². The van der Waals surface area contributed by atoms with Gasteiger partial charge in [-0.15, -0.1) is 0 Å². The van der Waals surface area contributed by atoms with Gasteiger partial charge in [0.05, 0.1) is 6.04 Å². The Balaban J connectivity index is 1.66. The van der Waals surface area contributed by atoms with Crippen LogP contribution in [0.5, 0.6) is 0 Å². The van der Waals surface area contributed by atoms with Crippen molar-refractivity contribution in [2.75, 3.05) is 26.7 Å². The maximum atomic E-state index is 12.8. The van der Waals surface area contributed by atoms with Crippen molar-refractivity contribution in [1.29, 1.82) is 0 Å². The highest BCUT2D eigenvalue weighted by Gasteiger charge is 2.38. The summed E-state index contributed by atoms with van der Waals surface area (Å²) in [5, 5.41) is 7.69. The van der Waals surface area contributed by atoms with E-state index >= 15 is 0 Å². The molecule has 2 saturated heterocycles. The zero-order valence-corrected chi connectivity index (χ0v) is 17.5. The third kappa shape index (κ3) is 5.67. The Bertz CT molecular complexity index is 630. The van der Waals surface area contributed by atoms with Crippen molar-refractivity contribution >= 4 is 17.5 Å². The van der Waals surface area contributed by atoms with Gasteiger partial charge in [0, 0.05) is 36.2 Å². The maximum absolute atomic E-state index is 12.8. The average Bonchev–Trinajstić information content (AvgIpc) is 3.01. The molecule has 2 fully saturated rings. The highest BCUT2D eigenvalue weighted by Crippen LogP contribution is 2.25. The van der Waals surface area contributed by atoms with E-state index in [2.05, 4.69) is 33.5 Å². The molecule has 2 atom stereocenters. The zero-order chi connectivity index (χ0) is 19.4. The molecule has 2 aliphatic rings. The van der Waals surface area contributed by atoms with Crippen molar-refractivity contribution in [2.24, 2.45) is 0 Å². The third-order valence-corrected chi connectivity index (χ3v) is 6.03. The van der Waals surface area contributed by atoms with E-state index in [1.807, 2.05) is 32.0 Å². The Morgan fingerprint density at radius 1 is 1.22 bits per heavy atom. The molecule has 0 spiro atoms. The van der Waals surface area contributed by atoms with Gasteiger partial charge < -0.3 is 15.5 Å². The van der Waals surface area contributed by atoms with E-state index in [9.17, 15) is 4.79 Å². The van der Waals surface area contributed by atoms with Crippen molar-refractivity contribution in [1.82, 2.24) is 20.4 Å². The number of carbonyl (C=O) groups is 1. The van der Waals surface area contributed by atoms with Gasteiger partial charge in [-0.2, -0.15) is 0 Å². The maximum Gasteiger partial charge on any atom is 0.237 e. The number of carbonyl (C=O) groups excluding carboxylic acids is 1. The standard InChI is InChI=1S/C21H33ClN4O/c1-15(2)23-21(27)20-12-18(24-17-8-10-25(3)11-9-17)14-26(20)13-16-6-4-5-7-19(16)22/h4-7,15,17-18,20,24H,8-14H2,1-3H3,(H,23,27)/t18-,20-/m0/s1. The van der Waals surface area contributed by atoms with Crippen LogP contribution < -0.4 is 10.6 Å². The molecule has 6 heteroatoms. The molecule has 27 heavy (non-hydrogen) atoms. The van der Waals surface area contributed by atoms with Crippen LogP contribution in [0.25, 0.3) is 0 Å². The zero-order valence-electron chi connectivity index (χ0n) is 16.7. The van der Waals surface area contributed by atoms with Gasteiger partial charge in [-0.05, 0) is 64.9 Å². The van der Waals surface area contributed by atoms with Crippen LogP contribution in [0.3, 0.4) is 0 Å². The van der Waals surface area contributed by atoms with E-state index in [4.69, 9.17) is 11.6 Å². The minimum atomic E-state index is -0.104. The lowest BCUT2D eigenvalue weighted by molar-refractivity contribution is -0.126.